The van der Waals surface area contributed by atoms with Gasteiger partial charge in [0.1, 0.15) is 5.65 Å². The van der Waals surface area contributed by atoms with Crippen molar-refractivity contribution in [2.75, 3.05) is 0 Å². The van der Waals surface area contributed by atoms with Gasteiger partial charge in [0.15, 0.2) is 11.2 Å². The molecule has 0 aromatic carbocycles. The van der Waals surface area contributed by atoms with Crippen LogP contribution in [0.1, 0.15) is 25.1 Å². The van der Waals surface area contributed by atoms with E-state index in [1.807, 2.05) is 24.5 Å². The Kier molecular flexibility index (Phi) is 3.60. The molecule has 0 aliphatic heterocycles. The Hall–Kier alpha value is -2.23. The number of carbonyl (C=O) groups excluding carboxylic acids is 1. The van der Waals surface area contributed by atoms with Gasteiger partial charge >= 0.3 is 0 Å². The molecule has 0 fully saturated rings. The second-order valence-corrected chi connectivity index (χ2v) is 4.47. The van der Waals surface area contributed by atoms with Gasteiger partial charge in [0.2, 0.25) is 0 Å². The molecule has 0 aliphatic rings. The summed E-state index contributed by atoms with van der Waals surface area (Å²) in [4.78, 5) is 27.7. The maximum absolute atomic E-state index is 12.3. The van der Waals surface area contributed by atoms with Crippen LogP contribution in [-0.4, -0.2) is 15.3 Å². The third kappa shape index (κ3) is 2.62. The summed E-state index contributed by atoms with van der Waals surface area (Å²) in [7, 11) is 0. The molecule has 0 spiro atoms. The molecule has 2 aromatic heterocycles. The van der Waals surface area contributed by atoms with Crippen molar-refractivity contribution in [2.24, 2.45) is 0 Å². The van der Waals surface area contributed by atoms with Gasteiger partial charge in [-0.05, 0) is 45.1 Å². The van der Waals surface area contributed by atoms with E-state index >= 15 is 0 Å². The predicted octanol–water partition coefficient (Wildman–Crippen LogP) is 2.33. The SMILES string of the molecule is CCn1cc(/C=C/C(C)=O)c(=O)c2ccc(C)nc21. The molecule has 2 heterocycles. The quantitative estimate of drug-likeness (QED) is 0.792. The monoisotopic (exact) mass is 256 g/mol. The van der Waals surface area contributed by atoms with E-state index in [2.05, 4.69) is 4.98 Å². The summed E-state index contributed by atoms with van der Waals surface area (Å²) in [6.45, 7) is 6.06. The molecule has 4 heteroatoms. The van der Waals surface area contributed by atoms with E-state index in [-0.39, 0.29) is 11.2 Å². The number of hydrogen-bond acceptors (Lipinski definition) is 3. The fourth-order valence-electron chi connectivity index (χ4n) is 1.95. The maximum Gasteiger partial charge on any atom is 0.198 e. The number of allylic oxidation sites excluding steroid dienone is 1. The largest absolute Gasteiger partial charge is 0.332 e. The Morgan fingerprint density at radius 1 is 1.42 bits per heavy atom. The summed E-state index contributed by atoms with van der Waals surface area (Å²) >= 11 is 0. The van der Waals surface area contributed by atoms with E-state index in [9.17, 15) is 9.59 Å². The maximum atomic E-state index is 12.3. The Bertz CT molecular complexity index is 727. The van der Waals surface area contributed by atoms with Crippen molar-refractivity contribution in [1.82, 2.24) is 9.55 Å². The second-order valence-electron chi connectivity index (χ2n) is 4.47. The average Bonchev–Trinajstić information content (AvgIpc) is 2.37. The molecule has 0 N–H and O–H groups in total. The van der Waals surface area contributed by atoms with Gasteiger partial charge in [0.25, 0.3) is 0 Å². The molecular weight excluding hydrogens is 240 g/mol. The zero-order valence-corrected chi connectivity index (χ0v) is 11.3. The van der Waals surface area contributed by atoms with Crippen molar-refractivity contribution < 1.29 is 4.79 Å². The smallest absolute Gasteiger partial charge is 0.198 e. The van der Waals surface area contributed by atoms with E-state index in [1.165, 1.54) is 13.0 Å². The van der Waals surface area contributed by atoms with Crippen LogP contribution in [-0.2, 0) is 11.3 Å². The minimum Gasteiger partial charge on any atom is -0.332 e. The Morgan fingerprint density at radius 3 is 2.79 bits per heavy atom. The van der Waals surface area contributed by atoms with E-state index in [0.717, 1.165) is 5.69 Å². The molecule has 0 aliphatic carbocycles. The number of aryl methyl sites for hydroxylation is 2. The molecule has 2 aromatic rings. The number of nitrogens with zero attached hydrogens (tertiary/aromatic N) is 2. The zero-order valence-electron chi connectivity index (χ0n) is 11.3. The molecule has 0 saturated heterocycles. The molecule has 0 saturated carbocycles. The van der Waals surface area contributed by atoms with E-state index in [1.54, 1.807) is 18.3 Å². The number of carbonyl (C=O) groups is 1. The van der Waals surface area contributed by atoms with E-state index in [0.29, 0.717) is 23.1 Å². The summed E-state index contributed by atoms with van der Waals surface area (Å²) in [5, 5.41) is 0.582. The molecule has 2 rings (SSSR count). The van der Waals surface area contributed by atoms with Gasteiger partial charge in [-0.2, -0.15) is 0 Å². The third-order valence-corrected chi connectivity index (χ3v) is 2.93. The van der Waals surface area contributed by atoms with Crippen LogP contribution in [0, 0.1) is 6.92 Å². The minimum atomic E-state index is -0.0929. The summed E-state index contributed by atoms with van der Waals surface area (Å²) < 4.78 is 1.92. The van der Waals surface area contributed by atoms with Crippen LogP contribution in [0.5, 0.6) is 0 Å². The molecule has 0 unspecified atom stereocenters. The van der Waals surface area contributed by atoms with Crippen LogP contribution in [0.15, 0.2) is 29.2 Å². The van der Waals surface area contributed by atoms with Crippen LogP contribution in [0.4, 0.5) is 0 Å². The fourth-order valence-corrected chi connectivity index (χ4v) is 1.95. The molecule has 98 valence electrons. The van der Waals surface area contributed by atoms with Crippen molar-refractivity contribution in [3.05, 3.63) is 45.9 Å². The van der Waals surface area contributed by atoms with E-state index in [4.69, 9.17) is 0 Å². The van der Waals surface area contributed by atoms with Crippen LogP contribution >= 0.6 is 0 Å². The molecular formula is C15H16N2O2. The molecule has 0 bridgehead atoms. The molecule has 19 heavy (non-hydrogen) atoms. The topological polar surface area (TPSA) is 52.0 Å². The highest BCUT2D eigenvalue weighted by molar-refractivity contribution is 5.92. The first-order valence-electron chi connectivity index (χ1n) is 6.22. The summed E-state index contributed by atoms with van der Waals surface area (Å²) in [5.41, 5.74) is 1.98. The third-order valence-electron chi connectivity index (χ3n) is 2.93. The average molecular weight is 256 g/mol. The van der Waals surface area contributed by atoms with Gasteiger partial charge < -0.3 is 4.57 Å². The normalized spacial score (nSPS) is 11.3. The molecule has 0 amide bonds. The lowest BCUT2D eigenvalue weighted by Crippen LogP contribution is -2.13. The van der Waals surface area contributed by atoms with Gasteiger partial charge in [-0.1, -0.05) is 0 Å². The highest BCUT2D eigenvalue weighted by atomic mass is 16.1. The lowest BCUT2D eigenvalue weighted by Gasteiger charge is -2.09. The van der Waals surface area contributed by atoms with Crippen molar-refractivity contribution in [3.63, 3.8) is 0 Å². The van der Waals surface area contributed by atoms with Gasteiger partial charge in [-0.15, -0.1) is 0 Å². The van der Waals surface area contributed by atoms with Gasteiger partial charge in [-0.3, -0.25) is 9.59 Å². The van der Waals surface area contributed by atoms with Crippen molar-refractivity contribution in [2.45, 2.75) is 27.3 Å². The van der Waals surface area contributed by atoms with E-state index < -0.39 is 0 Å². The van der Waals surface area contributed by atoms with Crippen molar-refractivity contribution in [3.8, 4) is 0 Å². The Morgan fingerprint density at radius 2 is 2.16 bits per heavy atom. The number of aromatic nitrogens is 2. The van der Waals surface area contributed by atoms with Crippen LogP contribution in [0.3, 0.4) is 0 Å². The standard InChI is InChI=1S/C15H16N2O2/c1-4-17-9-12(7-6-11(3)18)14(19)13-8-5-10(2)16-15(13)17/h5-9H,4H2,1-3H3/b7-6+. The number of pyridine rings is 2. The highest BCUT2D eigenvalue weighted by Gasteiger charge is 2.08. The van der Waals surface area contributed by atoms with Crippen LogP contribution in [0.25, 0.3) is 17.1 Å². The van der Waals surface area contributed by atoms with Gasteiger partial charge in [0.05, 0.1) is 5.39 Å². The number of fused-ring (bicyclic) bond motifs is 1. The summed E-state index contributed by atoms with van der Waals surface area (Å²) in [6.07, 6.45) is 4.72. The fraction of sp³-hybridized carbons (Fsp3) is 0.267. The lowest BCUT2D eigenvalue weighted by molar-refractivity contribution is -0.112. The lowest BCUT2D eigenvalue weighted by atomic mass is 10.1. The van der Waals surface area contributed by atoms with Crippen molar-refractivity contribution >= 4 is 22.9 Å². The predicted molar refractivity (Wildman–Crippen MR) is 76.1 cm³/mol. The first-order chi connectivity index (χ1) is 9.02. The Balaban J connectivity index is 2.76. The summed E-state index contributed by atoms with van der Waals surface area (Å²) in [6, 6.07) is 3.61. The second kappa shape index (κ2) is 5.18. The summed E-state index contributed by atoms with van der Waals surface area (Å²) in [5.74, 6) is -0.0791. The minimum absolute atomic E-state index is 0.0791. The van der Waals surface area contributed by atoms with Crippen molar-refractivity contribution in [1.29, 1.82) is 0 Å². The van der Waals surface area contributed by atoms with Gasteiger partial charge in [-0.25, -0.2) is 4.98 Å². The van der Waals surface area contributed by atoms with Crippen LogP contribution < -0.4 is 5.43 Å². The van der Waals surface area contributed by atoms with Crippen LogP contribution in [0.2, 0.25) is 0 Å². The highest BCUT2D eigenvalue weighted by Crippen LogP contribution is 2.11. The first-order valence-corrected chi connectivity index (χ1v) is 6.22. The number of hydrogen-bond donors (Lipinski definition) is 0. The van der Waals surface area contributed by atoms with Gasteiger partial charge in [0, 0.05) is 24.0 Å². The molecule has 0 atom stereocenters. The molecule has 4 nitrogen and oxygen atoms in total. The Labute approximate surface area is 111 Å². The first kappa shape index (κ1) is 13.2. The number of rotatable bonds is 3. The zero-order chi connectivity index (χ0) is 14.0. The number of ketones is 1. The molecule has 0 radical (unpaired) electrons.